The Morgan fingerprint density at radius 3 is 0.875 bits per heavy atom. The number of halogens is 8. The molecule has 0 fully saturated rings. The van der Waals surface area contributed by atoms with Gasteiger partial charge in [-0.1, -0.05) is 23.5 Å². The lowest BCUT2D eigenvalue weighted by atomic mass is 10.2. The molecule has 0 saturated carbocycles. The van der Waals surface area contributed by atoms with E-state index in [1.807, 2.05) is 0 Å². The number of alkyl halides is 8. The van der Waals surface area contributed by atoms with Gasteiger partial charge in [0.1, 0.15) is 0 Å². The van der Waals surface area contributed by atoms with Gasteiger partial charge in [-0.2, -0.15) is 35.1 Å². The molecule has 0 atom stereocenters. The first-order chi connectivity index (χ1) is 6.87. The molecular weight excluding hydrogens is 288 g/mol. The fourth-order valence-corrected chi connectivity index (χ4v) is 1.39. The predicted molar refractivity (Wildman–Crippen MR) is 46.8 cm³/mol. The van der Waals surface area contributed by atoms with Crippen molar-refractivity contribution in [1.29, 1.82) is 0 Å². The van der Waals surface area contributed by atoms with Crippen LogP contribution in [0.3, 0.4) is 0 Å². The summed E-state index contributed by atoms with van der Waals surface area (Å²) in [5, 5.41) is -10.6. The van der Waals surface area contributed by atoms with Crippen molar-refractivity contribution in [3.8, 4) is 0 Å². The van der Waals surface area contributed by atoms with Crippen molar-refractivity contribution in [1.82, 2.24) is 0 Å². The molecule has 0 rings (SSSR count). The highest BCUT2D eigenvalue weighted by atomic mass is 32.2. The molecule has 0 heterocycles. The SMILES string of the molecule is CSC(F)(F)C(F)(F)C(F)(F)C(F)(F)SC. The summed E-state index contributed by atoms with van der Waals surface area (Å²) in [4.78, 5) is 0. The second-order valence-corrected chi connectivity index (χ2v) is 4.43. The normalized spacial score (nSPS) is 15.4. The van der Waals surface area contributed by atoms with Crippen LogP contribution in [0.25, 0.3) is 0 Å². The summed E-state index contributed by atoms with van der Waals surface area (Å²) in [5.41, 5.74) is 0. The molecule has 0 aromatic rings. The van der Waals surface area contributed by atoms with Gasteiger partial charge < -0.3 is 0 Å². The van der Waals surface area contributed by atoms with E-state index in [-0.39, 0.29) is 0 Å². The Kier molecular flexibility index (Phi) is 4.47. The van der Waals surface area contributed by atoms with E-state index in [0.717, 1.165) is 0 Å². The Hall–Kier alpha value is 0.140. The Balaban J connectivity index is 5.46. The smallest absolute Gasteiger partial charge is 0.191 e. The average molecular weight is 294 g/mol. The van der Waals surface area contributed by atoms with Crippen molar-refractivity contribution in [2.75, 3.05) is 12.5 Å². The second-order valence-electron chi connectivity index (χ2n) is 2.59. The quantitative estimate of drug-likeness (QED) is 0.698. The molecule has 0 radical (unpaired) electrons. The van der Waals surface area contributed by atoms with Crippen molar-refractivity contribution < 1.29 is 35.1 Å². The highest BCUT2D eigenvalue weighted by Gasteiger charge is 2.80. The highest BCUT2D eigenvalue weighted by molar-refractivity contribution is 8.00. The standard InChI is InChI=1S/C6H6F8S2/c1-15-5(11,12)3(7,8)4(9,10)6(13,14)16-2/h1-2H3. The van der Waals surface area contributed by atoms with Crippen LogP contribution in [0.1, 0.15) is 0 Å². The molecule has 0 unspecified atom stereocenters. The summed E-state index contributed by atoms with van der Waals surface area (Å²) in [5.74, 6) is -12.3. The number of thioether (sulfide) groups is 2. The second kappa shape index (κ2) is 4.43. The van der Waals surface area contributed by atoms with Gasteiger partial charge >= 0.3 is 22.4 Å². The Morgan fingerprint density at radius 1 is 0.562 bits per heavy atom. The van der Waals surface area contributed by atoms with Crippen LogP contribution in [0, 0.1) is 0 Å². The van der Waals surface area contributed by atoms with Gasteiger partial charge in [-0.05, 0) is 12.5 Å². The number of rotatable bonds is 5. The zero-order valence-corrected chi connectivity index (χ0v) is 9.47. The molecule has 0 aliphatic rings. The molecule has 10 heteroatoms. The Morgan fingerprint density at radius 2 is 0.750 bits per heavy atom. The minimum atomic E-state index is -6.15. The Labute approximate surface area is 94.1 Å². The molecule has 0 amide bonds. The summed E-state index contributed by atoms with van der Waals surface area (Å²) in [6.45, 7) is 0. The van der Waals surface area contributed by atoms with E-state index in [2.05, 4.69) is 0 Å². The topological polar surface area (TPSA) is 0 Å². The van der Waals surface area contributed by atoms with Crippen LogP contribution in [-0.4, -0.2) is 34.9 Å². The van der Waals surface area contributed by atoms with Gasteiger partial charge in [-0.3, -0.25) is 0 Å². The van der Waals surface area contributed by atoms with Gasteiger partial charge in [0.25, 0.3) is 0 Å². The lowest BCUT2D eigenvalue weighted by molar-refractivity contribution is -0.322. The summed E-state index contributed by atoms with van der Waals surface area (Å²) in [6, 6.07) is 0. The maximum Gasteiger partial charge on any atom is 0.388 e. The molecule has 0 spiro atoms. The fraction of sp³-hybridized carbons (Fsp3) is 1.00. The lowest BCUT2D eigenvalue weighted by Gasteiger charge is -2.35. The first-order valence-electron chi connectivity index (χ1n) is 3.49. The van der Waals surface area contributed by atoms with E-state index in [1.165, 1.54) is 0 Å². The molecule has 0 aromatic carbocycles. The molecule has 0 aliphatic carbocycles. The first-order valence-corrected chi connectivity index (χ1v) is 5.94. The summed E-state index contributed by atoms with van der Waals surface area (Å²) in [7, 11) is 0. The minimum absolute atomic E-state index is 0.418. The largest absolute Gasteiger partial charge is 0.388 e. The highest BCUT2D eigenvalue weighted by Crippen LogP contribution is 2.57. The number of hydrogen-bond donors (Lipinski definition) is 0. The van der Waals surface area contributed by atoms with E-state index in [9.17, 15) is 35.1 Å². The van der Waals surface area contributed by atoms with Crippen molar-refractivity contribution in [2.24, 2.45) is 0 Å². The van der Waals surface area contributed by atoms with Gasteiger partial charge in [-0.15, -0.1) is 0 Å². The van der Waals surface area contributed by atoms with E-state index in [1.54, 1.807) is 0 Å². The van der Waals surface area contributed by atoms with E-state index in [4.69, 9.17) is 0 Å². The molecule has 98 valence electrons. The molecule has 16 heavy (non-hydrogen) atoms. The molecule has 0 saturated heterocycles. The molecule has 0 bridgehead atoms. The third-order valence-electron chi connectivity index (χ3n) is 1.64. The van der Waals surface area contributed by atoms with Gasteiger partial charge in [0.2, 0.25) is 0 Å². The maximum atomic E-state index is 12.6. The predicted octanol–water partition coefficient (Wildman–Crippen LogP) is 4.17. The number of hydrogen-bond acceptors (Lipinski definition) is 2. The van der Waals surface area contributed by atoms with Crippen LogP contribution in [0.2, 0.25) is 0 Å². The van der Waals surface area contributed by atoms with Crippen LogP contribution < -0.4 is 0 Å². The Bertz CT molecular complexity index is 225. The van der Waals surface area contributed by atoms with Crippen molar-refractivity contribution in [3.63, 3.8) is 0 Å². The molecule has 0 nitrogen and oxygen atoms in total. The van der Waals surface area contributed by atoms with Crippen molar-refractivity contribution in [2.45, 2.75) is 22.4 Å². The molecule has 0 aliphatic heterocycles. The fourth-order valence-electron chi connectivity index (χ4n) is 0.622. The lowest BCUT2D eigenvalue weighted by Crippen LogP contribution is -2.59. The van der Waals surface area contributed by atoms with E-state index < -0.39 is 45.9 Å². The van der Waals surface area contributed by atoms with Crippen LogP contribution in [0.4, 0.5) is 35.1 Å². The van der Waals surface area contributed by atoms with E-state index in [0.29, 0.717) is 12.5 Å². The van der Waals surface area contributed by atoms with E-state index >= 15 is 0 Å². The third-order valence-corrected chi connectivity index (χ3v) is 3.18. The van der Waals surface area contributed by atoms with Crippen LogP contribution in [0.5, 0.6) is 0 Å². The van der Waals surface area contributed by atoms with Crippen LogP contribution in [0.15, 0.2) is 0 Å². The van der Waals surface area contributed by atoms with Gasteiger partial charge in [-0.25, -0.2) is 0 Å². The van der Waals surface area contributed by atoms with Crippen molar-refractivity contribution in [3.05, 3.63) is 0 Å². The summed E-state index contributed by atoms with van der Waals surface area (Å²) in [6.07, 6.45) is 0.836. The van der Waals surface area contributed by atoms with Crippen LogP contribution >= 0.6 is 23.5 Å². The molecular formula is C6H6F8S2. The first kappa shape index (κ1) is 16.1. The summed E-state index contributed by atoms with van der Waals surface area (Å²) >= 11 is -1.84. The van der Waals surface area contributed by atoms with Gasteiger partial charge in [0.05, 0.1) is 0 Å². The zero-order chi connectivity index (χ0) is 13.4. The van der Waals surface area contributed by atoms with Crippen LogP contribution in [-0.2, 0) is 0 Å². The van der Waals surface area contributed by atoms with Gasteiger partial charge in [0.15, 0.2) is 0 Å². The zero-order valence-electron chi connectivity index (χ0n) is 7.84. The van der Waals surface area contributed by atoms with Gasteiger partial charge in [0, 0.05) is 0 Å². The molecule has 0 N–H and O–H groups in total. The monoisotopic (exact) mass is 294 g/mol. The maximum absolute atomic E-state index is 12.6. The third kappa shape index (κ3) is 2.22. The molecule has 0 aromatic heterocycles. The average Bonchev–Trinajstić information content (AvgIpc) is 2.16. The minimum Gasteiger partial charge on any atom is -0.191 e. The summed E-state index contributed by atoms with van der Waals surface area (Å²) < 4.78 is 101. The van der Waals surface area contributed by atoms with Crippen molar-refractivity contribution >= 4 is 23.5 Å².